The van der Waals surface area contributed by atoms with E-state index in [1.807, 2.05) is 6.92 Å². The number of hydrogen-bond donors (Lipinski definition) is 1. The van der Waals surface area contributed by atoms with Gasteiger partial charge < -0.3 is 28.8 Å². The number of esters is 1. The molecule has 0 saturated heterocycles. The molecule has 0 radical (unpaired) electrons. The van der Waals surface area contributed by atoms with Gasteiger partial charge in [-0.1, -0.05) is 6.92 Å². The molecule has 0 aliphatic carbocycles. The van der Waals surface area contributed by atoms with Gasteiger partial charge in [-0.15, -0.1) is 0 Å². The molecule has 0 rings (SSSR count). The number of aliphatic hydroxyl groups excluding tert-OH is 1. The van der Waals surface area contributed by atoms with Crippen molar-refractivity contribution in [2.45, 2.75) is 39.2 Å². The van der Waals surface area contributed by atoms with Crippen LogP contribution in [0.4, 0.5) is 0 Å². The second-order valence-corrected chi connectivity index (χ2v) is 4.81. The van der Waals surface area contributed by atoms with Crippen molar-refractivity contribution in [1.82, 2.24) is 0 Å². The van der Waals surface area contributed by atoms with Crippen LogP contribution in [0.25, 0.3) is 0 Å². The van der Waals surface area contributed by atoms with Crippen molar-refractivity contribution in [3.05, 3.63) is 0 Å². The van der Waals surface area contributed by atoms with E-state index in [9.17, 15) is 4.79 Å². The molecular weight excluding hydrogens is 304 g/mol. The molecular formula is C16H32O7. The lowest BCUT2D eigenvalue weighted by Crippen LogP contribution is -2.18. The Morgan fingerprint density at radius 3 is 2.00 bits per heavy atom. The van der Waals surface area contributed by atoms with Crippen LogP contribution in [0, 0.1) is 0 Å². The van der Waals surface area contributed by atoms with Gasteiger partial charge in [0.2, 0.25) is 0 Å². The fourth-order valence-electron chi connectivity index (χ4n) is 1.80. The Kier molecular flexibility index (Phi) is 17.1. The third kappa shape index (κ3) is 15.9. The summed E-state index contributed by atoms with van der Waals surface area (Å²) in [5.74, 6) is -0.175. The van der Waals surface area contributed by atoms with Crippen LogP contribution < -0.4 is 0 Å². The first-order valence-electron chi connectivity index (χ1n) is 8.35. The zero-order valence-corrected chi connectivity index (χ0v) is 14.5. The van der Waals surface area contributed by atoms with Gasteiger partial charge in [-0.2, -0.15) is 0 Å². The Hall–Kier alpha value is -0.730. The lowest BCUT2D eigenvalue weighted by molar-refractivity contribution is -0.144. The van der Waals surface area contributed by atoms with Crippen molar-refractivity contribution >= 4 is 5.97 Å². The molecule has 7 heteroatoms. The Labute approximate surface area is 139 Å². The molecule has 138 valence electrons. The molecule has 1 unspecified atom stereocenters. The number of hydrogen-bond acceptors (Lipinski definition) is 7. The second kappa shape index (κ2) is 17.6. The monoisotopic (exact) mass is 336 g/mol. The van der Waals surface area contributed by atoms with Crippen LogP contribution in [0.15, 0.2) is 0 Å². The SMILES string of the molecule is CCOC(=O)CCC(CC)OCCOCCOCCOCCO. The molecule has 0 saturated carbocycles. The molecule has 7 nitrogen and oxygen atoms in total. The average molecular weight is 336 g/mol. The number of rotatable bonds is 17. The van der Waals surface area contributed by atoms with Crippen LogP contribution in [0.5, 0.6) is 0 Å². The minimum atomic E-state index is -0.175. The third-order valence-corrected chi connectivity index (χ3v) is 2.99. The summed E-state index contributed by atoms with van der Waals surface area (Å²) in [6, 6.07) is 0. The molecule has 1 atom stereocenters. The number of aliphatic hydroxyl groups is 1. The molecule has 0 aromatic rings. The van der Waals surface area contributed by atoms with Gasteiger partial charge in [-0.05, 0) is 19.8 Å². The van der Waals surface area contributed by atoms with E-state index < -0.39 is 0 Å². The van der Waals surface area contributed by atoms with E-state index >= 15 is 0 Å². The van der Waals surface area contributed by atoms with E-state index in [1.165, 1.54) is 0 Å². The molecule has 0 aliphatic heterocycles. The van der Waals surface area contributed by atoms with Crippen LogP contribution in [-0.4, -0.2) is 76.6 Å². The topological polar surface area (TPSA) is 83.5 Å². The lowest BCUT2D eigenvalue weighted by Gasteiger charge is -2.15. The maximum absolute atomic E-state index is 11.3. The Bertz CT molecular complexity index is 261. The van der Waals surface area contributed by atoms with E-state index in [4.69, 9.17) is 28.8 Å². The van der Waals surface area contributed by atoms with Gasteiger partial charge in [0.15, 0.2) is 0 Å². The predicted octanol–water partition coefficient (Wildman–Crippen LogP) is 1.17. The largest absolute Gasteiger partial charge is 0.466 e. The maximum Gasteiger partial charge on any atom is 0.305 e. The summed E-state index contributed by atoms with van der Waals surface area (Å²) in [7, 11) is 0. The Morgan fingerprint density at radius 2 is 1.48 bits per heavy atom. The zero-order valence-electron chi connectivity index (χ0n) is 14.5. The highest BCUT2D eigenvalue weighted by Crippen LogP contribution is 2.07. The molecule has 0 aromatic carbocycles. The van der Waals surface area contributed by atoms with E-state index in [1.54, 1.807) is 6.92 Å². The predicted molar refractivity (Wildman–Crippen MR) is 85.4 cm³/mol. The van der Waals surface area contributed by atoms with E-state index in [2.05, 4.69) is 0 Å². The number of carbonyl (C=O) groups is 1. The van der Waals surface area contributed by atoms with Crippen molar-refractivity contribution in [1.29, 1.82) is 0 Å². The van der Waals surface area contributed by atoms with Crippen LogP contribution in [0.1, 0.15) is 33.1 Å². The lowest BCUT2D eigenvalue weighted by atomic mass is 10.1. The van der Waals surface area contributed by atoms with E-state index in [0.29, 0.717) is 65.7 Å². The molecule has 0 heterocycles. The summed E-state index contributed by atoms with van der Waals surface area (Å²) in [5, 5.41) is 8.51. The molecule has 0 bridgehead atoms. The highest BCUT2D eigenvalue weighted by atomic mass is 16.6. The summed E-state index contributed by atoms with van der Waals surface area (Å²) in [6.07, 6.45) is 1.98. The van der Waals surface area contributed by atoms with Crippen LogP contribution in [0.2, 0.25) is 0 Å². The van der Waals surface area contributed by atoms with Gasteiger partial charge in [0.1, 0.15) is 0 Å². The standard InChI is InChI=1S/C16H32O7/c1-3-15(5-6-16(18)22-4-2)23-14-13-21-12-11-20-10-9-19-8-7-17/h15,17H,3-14H2,1-2H3. The first kappa shape index (κ1) is 22.3. The van der Waals surface area contributed by atoms with Crippen molar-refractivity contribution < 1.29 is 33.6 Å². The molecule has 0 aliphatic rings. The van der Waals surface area contributed by atoms with Crippen molar-refractivity contribution in [2.24, 2.45) is 0 Å². The summed E-state index contributed by atoms with van der Waals surface area (Å²) >= 11 is 0. The van der Waals surface area contributed by atoms with Crippen molar-refractivity contribution in [3.8, 4) is 0 Å². The van der Waals surface area contributed by atoms with E-state index in [-0.39, 0.29) is 18.7 Å². The zero-order chi connectivity index (χ0) is 17.2. The molecule has 0 spiro atoms. The summed E-state index contributed by atoms with van der Waals surface area (Å²) in [6.45, 7) is 7.59. The number of carbonyl (C=O) groups excluding carboxylic acids is 1. The van der Waals surface area contributed by atoms with E-state index in [0.717, 1.165) is 6.42 Å². The maximum atomic E-state index is 11.3. The van der Waals surface area contributed by atoms with Gasteiger partial charge in [0.25, 0.3) is 0 Å². The molecule has 1 N–H and O–H groups in total. The van der Waals surface area contributed by atoms with Gasteiger partial charge in [0, 0.05) is 6.42 Å². The smallest absolute Gasteiger partial charge is 0.305 e. The molecule has 23 heavy (non-hydrogen) atoms. The molecule has 0 fully saturated rings. The summed E-state index contributed by atoms with van der Waals surface area (Å²) in [4.78, 5) is 11.3. The van der Waals surface area contributed by atoms with Gasteiger partial charge in [0.05, 0.1) is 65.6 Å². The highest BCUT2D eigenvalue weighted by Gasteiger charge is 2.10. The first-order chi connectivity index (χ1) is 11.2. The quantitative estimate of drug-likeness (QED) is 0.315. The van der Waals surface area contributed by atoms with Crippen molar-refractivity contribution in [2.75, 3.05) is 59.5 Å². The van der Waals surface area contributed by atoms with Gasteiger partial charge >= 0.3 is 5.97 Å². The minimum Gasteiger partial charge on any atom is -0.466 e. The highest BCUT2D eigenvalue weighted by molar-refractivity contribution is 5.69. The fourth-order valence-corrected chi connectivity index (χ4v) is 1.80. The van der Waals surface area contributed by atoms with Gasteiger partial charge in [-0.25, -0.2) is 0 Å². The third-order valence-electron chi connectivity index (χ3n) is 2.99. The fraction of sp³-hybridized carbons (Fsp3) is 0.938. The minimum absolute atomic E-state index is 0.0294. The normalized spacial score (nSPS) is 12.3. The average Bonchev–Trinajstić information content (AvgIpc) is 2.55. The Morgan fingerprint density at radius 1 is 0.913 bits per heavy atom. The molecule has 0 amide bonds. The van der Waals surface area contributed by atoms with Crippen molar-refractivity contribution in [3.63, 3.8) is 0 Å². The van der Waals surface area contributed by atoms with Crippen LogP contribution in [0.3, 0.4) is 0 Å². The summed E-state index contributed by atoms with van der Waals surface area (Å²) in [5.41, 5.74) is 0. The van der Waals surface area contributed by atoms with Crippen LogP contribution in [-0.2, 0) is 28.5 Å². The number of ether oxygens (including phenoxy) is 5. The Balaban J connectivity index is 3.35. The summed E-state index contributed by atoms with van der Waals surface area (Å²) < 4.78 is 26.3. The molecule has 0 aromatic heterocycles. The second-order valence-electron chi connectivity index (χ2n) is 4.81. The van der Waals surface area contributed by atoms with Crippen LogP contribution >= 0.6 is 0 Å². The first-order valence-corrected chi connectivity index (χ1v) is 8.35. The van der Waals surface area contributed by atoms with Gasteiger partial charge in [-0.3, -0.25) is 4.79 Å².